The average Bonchev–Trinajstić information content (AvgIpc) is 3.37. The highest BCUT2D eigenvalue weighted by atomic mass is 32.2. The summed E-state index contributed by atoms with van der Waals surface area (Å²) >= 11 is 5.43. The minimum absolute atomic E-state index is 0.0108. The third-order valence-corrected chi connectivity index (χ3v) is 8.51. The summed E-state index contributed by atoms with van der Waals surface area (Å²) in [6, 6.07) is -0.760. The molecule has 0 spiro atoms. The third-order valence-electron chi connectivity index (χ3n) is 4.20. The highest BCUT2D eigenvalue weighted by Gasteiger charge is 2.54. The lowest BCUT2D eigenvalue weighted by Crippen LogP contribution is -2.70. The zero-order chi connectivity index (χ0) is 21.3. The molecule has 0 aliphatic carbocycles. The van der Waals surface area contributed by atoms with Gasteiger partial charge in [-0.05, 0) is 0 Å². The van der Waals surface area contributed by atoms with Crippen molar-refractivity contribution in [1.29, 1.82) is 0 Å². The molecule has 1 fully saturated rings. The van der Waals surface area contributed by atoms with E-state index in [-0.39, 0.29) is 18.0 Å². The first-order valence-corrected chi connectivity index (χ1v) is 12.4. The first kappa shape index (κ1) is 21.0. The fraction of sp³-hybridized carbons (Fsp3) is 0.333. The van der Waals surface area contributed by atoms with E-state index in [1.807, 2.05) is 0 Å². The Morgan fingerprint density at radius 3 is 2.93 bits per heavy atom. The molecule has 2 aliphatic rings. The van der Waals surface area contributed by atoms with E-state index < -0.39 is 23.3 Å². The summed E-state index contributed by atoms with van der Waals surface area (Å²) < 4.78 is 0. The number of thioether (sulfide) groups is 3. The average molecular weight is 486 g/mol. The second kappa shape index (κ2) is 8.87. The maximum Gasteiger partial charge on any atom is 0.353 e. The van der Waals surface area contributed by atoms with Crippen molar-refractivity contribution in [2.24, 2.45) is 0 Å². The van der Waals surface area contributed by atoms with Crippen LogP contribution in [-0.4, -0.2) is 70.4 Å². The van der Waals surface area contributed by atoms with Crippen molar-refractivity contribution in [3.05, 3.63) is 27.9 Å². The van der Waals surface area contributed by atoms with Crippen molar-refractivity contribution >= 4 is 69.5 Å². The van der Waals surface area contributed by atoms with Crippen LogP contribution in [0.1, 0.15) is 5.69 Å². The number of aliphatic carboxylic acids is 1. The molecule has 30 heavy (non-hydrogen) atoms. The molecule has 2 aliphatic heterocycles. The molecule has 5 N–H and O–H groups in total. The van der Waals surface area contributed by atoms with E-state index in [1.54, 1.807) is 11.6 Å². The molecule has 11 nitrogen and oxygen atoms in total. The molecule has 2 aromatic heterocycles. The van der Waals surface area contributed by atoms with Gasteiger partial charge in [-0.15, -0.1) is 40.0 Å². The smallest absolute Gasteiger partial charge is 0.353 e. The van der Waals surface area contributed by atoms with Crippen LogP contribution in [0, 0.1) is 0 Å². The zero-order valence-electron chi connectivity index (χ0n) is 15.1. The predicted octanol–water partition coefficient (Wildman–Crippen LogP) is 0.565. The maximum absolute atomic E-state index is 12.6. The maximum atomic E-state index is 12.6. The number of thiazole rings is 1. The number of H-pyrrole nitrogens is 1. The molecule has 0 aromatic carbocycles. The number of aromatic nitrogens is 4. The van der Waals surface area contributed by atoms with E-state index in [0.717, 1.165) is 0 Å². The minimum Gasteiger partial charge on any atom is -0.477 e. The number of nitrogens with zero attached hydrogens (tertiary/aromatic N) is 4. The molecule has 2 atom stereocenters. The Labute approximate surface area is 186 Å². The Bertz CT molecular complexity index is 1010. The lowest BCUT2D eigenvalue weighted by molar-refractivity contribution is -0.150. The zero-order valence-corrected chi connectivity index (χ0v) is 18.4. The van der Waals surface area contributed by atoms with Crippen LogP contribution >= 0.6 is 46.6 Å². The number of β-lactam (4-membered cyclic amide) rings is 1. The highest BCUT2D eigenvalue weighted by molar-refractivity contribution is 8.18. The van der Waals surface area contributed by atoms with E-state index in [4.69, 9.17) is 5.73 Å². The number of nitrogens with two attached hydrogens (primary N) is 1. The van der Waals surface area contributed by atoms with Crippen LogP contribution < -0.4 is 11.1 Å². The van der Waals surface area contributed by atoms with Gasteiger partial charge in [0.05, 0.1) is 23.4 Å². The predicted molar refractivity (Wildman–Crippen MR) is 115 cm³/mol. The standard InChI is InChI=1S/C15H15N7O4S4/c16-15-18-6(3-28-15)1-8(23)19-10-12(24)22-11(14(25)26)7(4-27-13(10)22)29-5-30-9-2-17-21-20-9/h2-3,10,13H,1,4-5H2,(H2,16,18)(H,19,23)(H,25,26)(H,17,20,21)/t10-,13-/m1/s1. The molecule has 0 radical (unpaired) electrons. The fourth-order valence-corrected chi connectivity index (χ4v) is 7.06. The summed E-state index contributed by atoms with van der Waals surface area (Å²) in [5.41, 5.74) is 6.07. The van der Waals surface area contributed by atoms with Crippen molar-refractivity contribution < 1.29 is 19.5 Å². The van der Waals surface area contributed by atoms with Crippen LogP contribution in [0.4, 0.5) is 5.13 Å². The number of rotatable bonds is 8. The molecule has 4 heterocycles. The first-order valence-electron chi connectivity index (χ1n) is 8.46. The number of carbonyl (C=O) groups excluding carboxylic acids is 2. The van der Waals surface area contributed by atoms with Gasteiger partial charge >= 0.3 is 5.97 Å². The summed E-state index contributed by atoms with van der Waals surface area (Å²) in [4.78, 5) is 42.6. The number of aromatic amines is 1. The van der Waals surface area contributed by atoms with Gasteiger partial charge in [-0.25, -0.2) is 9.78 Å². The first-order chi connectivity index (χ1) is 14.4. The van der Waals surface area contributed by atoms with Crippen LogP contribution in [0.15, 0.2) is 27.2 Å². The number of nitrogen functional groups attached to an aromatic ring is 1. The van der Waals surface area contributed by atoms with Gasteiger partial charge in [0.15, 0.2) is 5.13 Å². The van der Waals surface area contributed by atoms with Crippen LogP contribution in [0.5, 0.6) is 0 Å². The summed E-state index contributed by atoms with van der Waals surface area (Å²) in [5, 5.41) is 25.3. The van der Waals surface area contributed by atoms with Gasteiger partial charge in [-0.3, -0.25) is 19.6 Å². The number of carboxylic acid groups (broad SMARTS) is 1. The van der Waals surface area contributed by atoms with Gasteiger partial charge in [0.1, 0.15) is 22.1 Å². The summed E-state index contributed by atoms with van der Waals surface area (Å²) in [6.45, 7) is 0. The van der Waals surface area contributed by atoms with E-state index in [0.29, 0.717) is 31.6 Å². The van der Waals surface area contributed by atoms with Crippen LogP contribution in [0.3, 0.4) is 0 Å². The van der Waals surface area contributed by atoms with Gasteiger partial charge in [-0.2, -0.15) is 0 Å². The van der Waals surface area contributed by atoms with Crippen molar-refractivity contribution in [3.63, 3.8) is 0 Å². The Morgan fingerprint density at radius 2 is 2.27 bits per heavy atom. The summed E-state index contributed by atoms with van der Waals surface area (Å²) in [5.74, 6) is -1.51. The minimum atomic E-state index is -1.16. The Kier molecular flexibility index (Phi) is 6.21. The normalized spacial score (nSPS) is 20.7. The number of amides is 2. The van der Waals surface area contributed by atoms with Gasteiger partial charge in [0.25, 0.3) is 5.91 Å². The Morgan fingerprint density at radius 1 is 1.43 bits per heavy atom. The highest BCUT2D eigenvalue weighted by Crippen LogP contribution is 2.44. The molecular formula is C15H15N7O4S4. The quantitative estimate of drug-likeness (QED) is 0.234. The van der Waals surface area contributed by atoms with Gasteiger partial charge < -0.3 is 16.2 Å². The number of carbonyl (C=O) groups is 3. The number of fused-ring (bicyclic) bond motifs is 1. The molecule has 2 aromatic rings. The molecule has 2 amide bonds. The molecule has 0 unspecified atom stereocenters. The number of nitrogens with one attached hydrogen (secondary N) is 2. The van der Waals surface area contributed by atoms with Crippen LogP contribution in [0.2, 0.25) is 0 Å². The third kappa shape index (κ3) is 4.28. The fourth-order valence-electron chi connectivity index (χ4n) is 2.92. The molecule has 0 saturated carbocycles. The van der Waals surface area contributed by atoms with E-state index in [2.05, 4.69) is 25.7 Å². The molecule has 158 valence electrons. The number of carboxylic acids is 1. The van der Waals surface area contributed by atoms with E-state index in [1.165, 1.54) is 51.5 Å². The molecule has 15 heteroatoms. The molecule has 1 saturated heterocycles. The summed E-state index contributed by atoms with van der Waals surface area (Å²) in [7, 11) is 0. The SMILES string of the molecule is Nc1nc(CC(=O)N[C@@H]2C(=O)N3C(C(=O)O)=C(SCSc4c[nH]nn4)CS[C@H]23)cs1. The topological polar surface area (TPSA) is 167 Å². The molecule has 4 rings (SSSR count). The van der Waals surface area contributed by atoms with Crippen molar-refractivity contribution in [3.8, 4) is 0 Å². The second-order valence-corrected chi connectivity index (χ2v) is 10.5. The van der Waals surface area contributed by atoms with Gasteiger partial charge in [-0.1, -0.05) is 17.0 Å². The van der Waals surface area contributed by atoms with Gasteiger partial charge in [0.2, 0.25) is 5.91 Å². The van der Waals surface area contributed by atoms with Crippen LogP contribution in [-0.2, 0) is 20.8 Å². The van der Waals surface area contributed by atoms with Crippen LogP contribution in [0.25, 0.3) is 0 Å². The lowest BCUT2D eigenvalue weighted by Gasteiger charge is -2.49. The van der Waals surface area contributed by atoms with E-state index in [9.17, 15) is 19.5 Å². The van der Waals surface area contributed by atoms with Crippen molar-refractivity contribution in [2.75, 3.05) is 16.6 Å². The Balaban J connectivity index is 1.39. The lowest BCUT2D eigenvalue weighted by atomic mass is 10.0. The Hall–Kier alpha value is -2.23. The number of hydrogen-bond acceptors (Lipinski definition) is 11. The monoisotopic (exact) mass is 485 g/mol. The largest absolute Gasteiger partial charge is 0.477 e. The number of anilines is 1. The number of hydrogen-bond donors (Lipinski definition) is 4. The molecule has 0 bridgehead atoms. The van der Waals surface area contributed by atoms with Crippen molar-refractivity contribution in [1.82, 2.24) is 30.6 Å². The molecular weight excluding hydrogens is 470 g/mol. The second-order valence-electron chi connectivity index (χ2n) is 6.10. The van der Waals surface area contributed by atoms with Crippen molar-refractivity contribution in [2.45, 2.75) is 22.9 Å². The van der Waals surface area contributed by atoms with E-state index >= 15 is 0 Å². The summed E-state index contributed by atoms with van der Waals surface area (Å²) in [6.07, 6.45) is 1.66. The van der Waals surface area contributed by atoms with Gasteiger partial charge in [0, 0.05) is 16.0 Å².